The lowest BCUT2D eigenvalue weighted by Gasteiger charge is -2.22. The highest BCUT2D eigenvalue weighted by molar-refractivity contribution is 5.23. The monoisotopic (exact) mass is 279 g/mol. The van der Waals surface area contributed by atoms with Crippen molar-refractivity contribution in [1.82, 2.24) is 5.32 Å². The summed E-state index contributed by atoms with van der Waals surface area (Å²) in [5, 5.41) is 2.59. The van der Waals surface area contributed by atoms with Gasteiger partial charge in [0.1, 0.15) is 6.04 Å². The number of alkyl halides is 3. The van der Waals surface area contributed by atoms with Crippen molar-refractivity contribution in [3.05, 3.63) is 71.3 Å². The molecule has 1 atom stereocenters. The van der Waals surface area contributed by atoms with Crippen molar-refractivity contribution in [3.63, 3.8) is 0 Å². The van der Waals surface area contributed by atoms with Gasteiger partial charge in [0.25, 0.3) is 0 Å². The number of aryl methyl sites for hydroxylation is 1. The van der Waals surface area contributed by atoms with Crippen LogP contribution in [0.4, 0.5) is 13.2 Å². The molecule has 106 valence electrons. The molecule has 0 heterocycles. The molecule has 0 aliphatic heterocycles. The molecule has 2 aromatic carbocycles. The Kier molecular flexibility index (Phi) is 4.45. The molecular weight excluding hydrogens is 263 g/mol. The molecule has 0 spiro atoms. The molecule has 0 aromatic heterocycles. The molecule has 0 amide bonds. The van der Waals surface area contributed by atoms with E-state index in [4.69, 9.17) is 0 Å². The summed E-state index contributed by atoms with van der Waals surface area (Å²) >= 11 is 0. The fourth-order valence-electron chi connectivity index (χ4n) is 1.99. The van der Waals surface area contributed by atoms with Gasteiger partial charge in [-0.3, -0.25) is 5.32 Å². The highest BCUT2D eigenvalue weighted by atomic mass is 19.4. The minimum atomic E-state index is -4.31. The first kappa shape index (κ1) is 14.6. The van der Waals surface area contributed by atoms with Crippen LogP contribution >= 0.6 is 0 Å². The van der Waals surface area contributed by atoms with Crippen molar-refractivity contribution >= 4 is 0 Å². The van der Waals surface area contributed by atoms with Crippen LogP contribution in [-0.2, 0) is 6.54 Å². The Bertz CT molecular complexity index is 532. The lowest BCUT2D eigenvalue weighted by atomic mass is 10.1. The Labute approximate surface area is 116 Å². The van der Waals surface area contributed by atoms with E-state index >= 15 is 0 Å². The molecular formula is C16H16F3N. The molecule has 0 unspecified atom stereocenters. The fourth-order valence-corrected chi connectivity index (χ4v) is 1.99. The number of halogens is 3. The summed E-state index contributed by atoms with van der Waals surface area (Å²) < 4.78 is 39.3. The largest absolute Gasteiger partial charge is 0.407 e. The van der Waals surface area contributed by atoms with E-state index < -0.39 is 12.2 Å². The molecule has 0 aliphatic rings. The van der Waals surface area contributed by atoms with Crippen LogP contribution < -0.4 is 5.32 Å². The Morgan fingerprint density at radius 3 is 2.10 bits per heavy atom. The topological polar surface area (TPSA) is 12.0 Å². The Hall–Kier alpha value is -1.81. The number of rotatable bonds is 4. The van der Waals surface area contributed by atoms with Gasteiger partial charge in [-0.05, 0) is 18.1 Å². The van der Waals surface area contributed by atoms with Gasteiger partial charge < -0.3 is 0 Å². The zero-order chi connectivity index (χ0) is 14.6. The third-order valence-corrected chi connectivity index (χ3v) is 3.09. The molecule has 2 aromatic rings. The normalized spacial score (nSPS) is 13.2. The predicted molar refractivity (Wildman–Crippen MR) is 73.3 cm³/mol. The maximum absolute atomic E-state index is 13.1. The SMILES string of the molecule is Cc1ccc(CN[C@H](c2ccccc2)C(F)(F)F)cc1. The van der Waals surface area contributed by atoms with Gasteiger partial charge in [0.05, 0.1) is 0 Å². The summed E-state index contributed by atoms with van der Waals surface area (Å²) in [4.78, 5) is 0. The smallest absolute Gasteiger partial charge is 0.298 e. The van der Waals surface area contributed by atoms with Crippen molar-refractivity contribution in [2.24, 2.45) is 0 Å². The minimum absolute atomic E-state index is 0.180. The molecule has 20 heavy (non-hydrogen) atoms. The predicted octanol–water partition coefficient (Wildman–Crippen LogP) is 4.39. The number of nitrogens with one attached hydrogen (secondary N) is 1. The van der Waals surface area contributed by atoms with E-state index in [1.54, 1.807) is 18.2 Å². The molecule has 4 heteroatoms. The second-order valence-electron chi connectivity index (χ2n) is 4.75. The number of hydrogen-bond acceptors (Lipinski definition) is 1. The van der Waals surface area contributed by atoms with Gasteiger partial charge in [-0.25, -0.2) is 0 Å². The highest BCUT2D eigenvalue weighted by Gasteiger charge is 2.40. The summed E-state index contributed by atoms with van der Waals surface area (Å²) in [5.41, 5.74) is 2.15. The molecule has 0 fully saturated rings. The summed E-state index contributed by atoms with van der Waals surface area (Å²) in [6, 6.07) is 13.7. The van der Waals surface area contributed by atoms with Gasteiger partial charge in [0, 0.05) is 6.54 Å². The second-order valence-corrected chi connectivity index (χ2v) is 4.75. The summed E-state index contributed by atoms with van der Waals surface area (Å²) in [7, 11) is 0. The quantitative estimate of drug-likeness (QED) is 0.875. The zero-order valence-corrected chi connectivity index (χ0v) is 11.1. The first-order valence-electron chi connectivity index (χ1n) is 6.37. The Morgan fingerprint density at radius 2 is 1.55 bits per heavy atom. The first-order chi connectivity index (χ1) is 9.47. The van der Waals surface area contributed by atoms with Crippen molar-refractivity contribution in [2.45, 2.75) is 25.7 Å². The molecule has 0 radical (unpaired) electrons. The van der Waals surface area contributed by atoms with Crippen LogP contribution in [0.2, 0.25) is 0 Å². The zero-order valence-electron chi connectivity index (χ0n) is 11.1. The van der Waals surface area contributed by atoms with Crippen LogP contribution in [0.15, 0.2) is 54.6 Å². The minimum Gasteiger partial charge on any atom is -0.298 e. The van der Waals surface area contributed by atoms with Gasteiger partial charge in [0.15, 0.2) is 0 Å². The van der Waals surface area contributed by atoms with Crippen molar-refractivity contribution in [2.75, 3.05) is 0 Å². The van der Waals surface area contributed by atoms with Gasteiger partial charge in [-0.1, -0.05) is 60.2 Å². The number of benzene rings is 2. The van der Waals surface area contributed by atoms with E-state index in [1.807, 2.05) is 31.2 Å². The molecule has 1 nitrogen and oxygen atoms in total. The van der Waals surface area contributed by atoms with E-state index in [1.165, 1.54) is 12.1 Å². The Balaban J connectivity index is 2.11. The lowest BCUT2D eigenvalue weighted by molar-refractivity contribution is -0.158. The molecule has 0 saturated carbocycles. The molecule has 0 bridgehead atoms. The summed E-state index contributed by atoms with van der Waals surface area (Å²) in [5.74, 6) is 0. The van der Waals surface area contributed by atoms with E-state index in [2.05, 4.69) is 5.32 Å². The molecule has 2 rings (SSSR count). The van der Waals surface area contributed by atoms with Crippen molar-refractivity contribution in [1.29, 1.82) is 0 Å². The Morgan fingerprint density at radius 1 is 0.950 bits per heavy atom. The molecule has 1 N–H and O–H groups in total. The van der Waals surface area contributed by atoms with E-state index in [0.29, 0.717) is 0 Å². The van der Waals surface area contributed by atoms with Crippen LogP contribution in [0, 0.1) is 6.92 Å². The molecule has 0 saturated heterocycles. The van der Waals surface area contributed by atoms with Crippen LogP contribution in [0.1, 0.15) is 22.7 Å². The second kappa shape index (κ2) is 6.09. The average molecular weight is 279 g/mol. The molecule has 0 aliphatic carbocycles. The third kappa shape index (κ3) is 3.84. The lowest BCUT2D eigenvalue weighted by Crippen LogP contribution is -2.33. The van der Waals surface area contributed by atoms with Crippen LogP contribution in [-0.4, -0.2) is 6.18 Å². The van der Waals surface area contributed by atoms with Gasteiger partial charge in [-0.15, -0.1) is 0 Å². The highest BCUT2D eigenvalue weighted by Crippen LogP contribution is 2.32. The number of hydrogen-bond donors (Lipinski definition) is 1. The van der Waals surface area contributed by atoms with Gasteiger partial charge in [-0.2, -0.15) is 13.2 Å². The standard InChI is InChI=1S/C16H16F3N/c1-12-7-9-13(10-8-12)11-20-15(16(17,18)19)14-5-3-2-4-6-14/h2-10,15,20H,11H2,1H3/t15-/m1/s1. The van der Waals surface area contributed by atoms with Crippen molar-refractivity contribution in [3.8, 4) is 0 Å². The van der Waals surface area contributed by atoms with Gasteiger partial charge in [0.2, 0.25) is 0 Å². The van der Waals surface area contributed by atoms with Crippen LogP contribution in [0.5, 0.6) is 0 Å². The van der Waals surface area contributed by atoms with E-state index in [9.17, 15) is 13.2 Å². The maximum atomic E-state index is 13.1. The first-order valence-corrected chi connectivity index (χ1v) is 6.37. The van der Waals surface area contributed by atoms with Crippen LogP contribution in [0.25, 0.3) is 0 Å². The van der Waals surface area contributed by atoms with Gasteiger partial charge >= 0.3 is 6.18 Å². The summed E-state index contributed by atoms with van der Waals surface area (Å²) in [6.07, 6.45) is -4.31. The average Bonchev–Trinajstić information content (AvgIpc) is 2.41. The maximum Gasteiger partial charge on any atom is 0.407 e. The third-order valence-electron chi connectivity index (χ3n) is 3.09. The fraction of sp³-hybridized carbons (Fsp3) is 0.250. The summed E-state index contributed by atoms with van der Waals surface area (Å²) in [6.45, 7) is 2.12. The van der Waals surface area contributed by atoms with Crippen molar-refractivity contribution < 1.29 is 13.2 Å². The van der Waals surface area contributed by atoms with E-state index in [-0.39, 0.29) is 12.1 Å². The van der Waals surface area contributed by atoms with Crippen LogP contribution in [0.3, 0.4) is 0 Å². The van der Waals surface area contributed by atoms with E-state index in [0.717, 1.165) is 11.1 Å².